The number of nitrogens with zero attached hydrogens (tertiary/aromatic N) is 1. The Morgan fingerprint density at radius 1 is 1.50 bits per heavy atom. The van der Waals surface area contributed by atoms with Crippen molar-refractivity contribution in [2.75, 3.05) is 5.32 Å². The topological polar surface area (TPSA) is 81.2 Å². The SMILES string of the molecule is Cc1ccc(NC(=CN)[N+](=O)[O-])cc1. The maximum Gasteiger partial charge on any atom is 0.336 e. The number of nitrogens with two attached hydrogens (primary N) is 1. The van der Waals surface area contributed by atoms with Crippen LogP contribution in [0.2, 0.25) is 0 Å². The molecule has 0 atom stereocenters. The Morgan fingerprint density at radius 2 is 2.07 bits per heavy atom. The average molecular weight is 193 g/mol. The van der Waals surface area contributed by atoms with Gasteiger partial charge in [0.1, 0.15) is 5.69 Å². The van der Waals surface area contributed by atoms with Crippen molar-refractivity contribution in [3.8, 4) is 0 Å². The first-order chi connectivity index (χ1) is 6.63. The van der Waals surface area contributed by atoms with Gasteiger partial charge in [0.15, 0.2) is 0 Å². The van der Waals surface area contributed by atoms with E-state index in [1.165, 1.54) is 0 Å². The van der Waals surface area contributed by atoms with Crippen molar-refractivity contribution < 1.29 is 4.92 Å². The quantitative estimate of drug-likeness (QED) is 0.562. The third-order valence-electron chi connectivity index (χ3n) is 1.68. The van der Waals surface area contributed by atoms with Gasteiger partial charge in [0.05, 0.1) is 6.20 Å². The van der Waals surface area contributed by atoms with E-state index in [1.54, 1.807) is 12.1 Å². The van der Waals surface area contributed by atoms with E-state index < -0.39 is 4.92 Å². The zero-order valence-corrected chi connectivity index (χ0v) is 7.73. The fourth-order valence-electron chi connectivity index (χ4n) is 0.933. The van der Waals surface area contributed by atoms with E-state index in [0.29, 0.717) is 5.69 Å². The molecule has 5 nitrogen and oxygen atoms in total. The van der Waals surface area contributed by atoms with Crippen molar-refractivity contribution in [1.82, 2.24) is 0 Å². The molecule has 0 fully saturated rings. The molecule has 0 heterocycles. The van der Waals surface area contributed by atoms with Crippen molar-refractivity contribution in [1.29, 1.82) is 0 Å². The molecule has 0 amide bonds. The minimum Gasteiger partial charge on any atom is -0.398 e. The van der Waals surface area contributed by atoms with Gasteiger partial charge in [-0.05, 0) is 24.0 Å². The van der Waals surface area contributed by atoms with E-state index >= 15 is 0 Å². The van der Waals surface area contributed by atoms with Crippen molar-refractivity contribution in [2.45, 2.75) is 6.92 Å². The van der Waals surface area contributed by atoms with Gasteiger partial charge < -0.3 is 15.8 Å². The van der Waals surface area contributed by atoms with Gasteiger partial charge in [-0.3, -0.25) is 0 Å². The Balaban J connectivity index is 2.78. The van der Waals surface area contributed by atoms with Crippen LogP contribution in [0.4, 0.5) is 5.69 Å². The molecule has 0 aliphatic rings. The minimum absolute atomic E-state index is 0.228. The molecule has 0 aliphatic carbocycles. The van der Waals surface area contributed by atoms with Crippen molar-refractivity contribution in [3.63, 3.8) is 0 Å². The third kappa shape index (κ3) is 2.48. The summed E-state index contributed by atoms with van der Waals surface area (Å²) >= 11 is 0. The van der Waals surface area contributed by atoms with Crippen LogP contribution in [-0.4, -0.2) is 4.92 Å². The number of nitrogens with one attached hydrogen (secondary N) is 1. The van der Waals surface area contributed by atoms with Crippen LogP contribution in [0, 0.1) is 17.0 Å². The van der Waals surface area contributed by atoms with Crippen LogP contribution in [0.5, 0.6) is 0 Å². The Morgan fingerprint density at radius 3 is 2.50 bits per heavy atom. The highest BCUT2D eigenvalue weighted by Gasteiger charge is 2.07. The van der Waals surface area contributed by atoms with E-state index in [2.05, 4.69) is 5.32 Å². The number of aryl methyl sites for hydroxylation is 1. The van der Waals surface area contributed by atoms with E-state index in [9.17, 15) is 10.1 Å². The molecule has 14 heavy (non-hydrogen) atoms. The smallest absolute Gasteiger partial charge is 0.336 e. The zero-order valence-electron chi connectivity index (χ0n) is 7.73. The van der Waals surface area contributed by atoms with Crippen LogP contribution < -0.4 is 11.1 Å². The molecule has 0 saturated carbocycles. The van der Waals surface area contributed by atoms with Crippen LogP contribution in [0.15, 0.2) is 36.3 Å². The van der Waals surface area contributed by atoms with Crippen LogP contribution in [0.25, 0.3) is 0 Å². The van der Waals surface area contributed by atoms with Gasteiger partial charge >= 0.3 is 5.82 Å². The fourth-order valence-corrected chi connectivity index (χ4v) is 0.933. The Bertz CT molecular complexity index is 357. The zero-order chi connectivity index (χ0) is 10.6. The molecule has 0 saturated heterocycles. The van der Waals surface area contributed by atoms with Gasteiger partial charge in [-0.2, -0.15) is 0 Å². The summed E-state index contributed by atoms with van der Waals surface area (Å²) in [7, 11) is 0. The number of anilines is 1. The monoisotopic (exact) mass is 193 g/mol. The lowest BCUT2D eigenvalue weighted by molar-refractivity contribution is -0.422. The molecule has 74 valence electrons. The molecular formula is C9H11N3O2. The second-order valence-corrected chi connectivity index (χ2v) is 2.80. The lowest BCUT2D eigenvalue weighted by atomic mass is 10.2. The lowest BCUT2D eigenvalue weighted by Crippen LogP contribution is -2.11. The molecule has 0 spiro atoms. The van der Waals surface area contributed by atoms with Crippen LogP contribution in [0.3, 0.4) is 0 Å². The average Bonchev–Trinajstić information content (AvgIpc) is 2.16. The van der Waals surface area contributed by atoms with E-state index in [1.807, 2.05) is 19.1 Å². The summed E-state index contributed by atoms with van der Waals surface area (Å²) in [5.41, 5.74) is 6.82. The summed E-state index contributed by atoms with van der Waals surface area (Å²) in [5, 5.41) is 13.0. The normalized spacial score (nSPS) is 11.1. The lowest BCUT2D eigenvalue weighted by Gasteiger charge is -2.01. The Hall–Kier alpha value is -2.04. The second kappa shape index (κ2) is 4.27. The summed E-state index contributed by atoms with van der Waals surface area (Å²) in [6, 6.07) is 7.22. The number of hydrogen-bond donors (Lipinski definition) is 2. The van der Waals surface area contributed by atoms with E-state index in [4.69, 9.17) is 5.73 Å². The number of rotatable bonds is 3. The highest BCUT2D eigenvalue weighted by atomic mass is 16.6. The predicted molar refractivity (Wildman–Crippen MR) is 54.1 cm³/mol. The molecule has 5 heteroatoms. The van der Waals surface area contributed by atoms with Gasteiger partial charge in [0.25, 0.3) is 0 Å². The first kappa shape index (κ1) is 10.0. The molecule has 1 rings (SSSR count). The Kier molecular flexibility index (Phi) is 3.06. The number of benzene rings is 1. The summed E-state index contributed by atoms with van der Waals surface area (Å²) in [5.74, 6) is -0.228. The van der Waals surface area contributed by atoms with Crippen molar-refractivity contribution >= 4 is 5.69 Å². The van der Waals surface area contributed by atoms with Gasteiger partial charge in [-0.25, -0.2) is 5.32 Å². The second-order valence-electron chi connectivity index (χ2n) is 2.80. The van der Waals surface area contributed by atoms with E-state index in [-0.39, 0.29) is 5.82 Å². The van der Waals surface area contributed by atoms with Crippen LogP contribution >= 0.6 is 0 Å². The molecule has 1 aromatic rings. The van der Waals surface area contributed by atoms with Gasteiger partial charge in [-0.1, -0.05) is 17.7 Å². The standard InChI is InChI=1S/C9H11N3O2/c1-7-2-4-8(5-3-7)11-9(6-10)12(13)14/h2-6,11H,10H2,1H3. The van der Waals surface area contributed by atoms with Crippen LogP contribution in [-0.2, 0) is 0 Å². The highest BCUT2D eigenvalue weighted by Crippen LogP contribution is 2.10. The highest BCUT2D eigenvalue weighted by molar-refractivity contribution is 5.47. The molecule has 3 N–H and O–H groups in total. The van der Waals surface area contributed by atoms with Gasteiger partial charge in [0, 0.05) is 0 Å². The molecule has 0 aromatic heterocycles. The minimum atomic E-state index is -0.570. The largest absolute Gasteiger partial charge is 0.398 e. The maximum absolute atomic E-state index is 10.4. The molecule has 0 unspecified atom stereocenters. The molecular weight excluding hydrogens is 182 g/mol. The summed E-state index contributed by atoms with van der Waals surface area (Å²) < 4.78 is 0. The van der Waals surface area contributed by atoms with Gasteiger partial charge in [-0.15, -0.1) is 0 Å². The molecule has 1 aromatic carbocycles. The first-order valence-corrected chi connectivity index (χ1v) is 4.03. The van der Waals surface area contributed by atoms with Gasteiger partial charge in [0.2, 0.25) is 0 Å². The molecule has 0 bridgehead atoms. The fraction of sp³-hybridized carbons (Fsp3) is 0.111. The van der Waals surface area contributed by atoms with Crippen molar-refractivity contribution in [3.05, 3.63) is 52.0 Å². The first-order valence-electron chi connectivity index (χ1n) is 4.03. The third-order valence-corrected chi connectivity index (χ3v) is 1.68. The Labute approximate surface area is 81.4 Å². The molecule has 0 radical (unpaired) electrons. The van der Waals surface area contributed by atoms with Crippen molar-refractivity contribution in [2.24, 2.45) is 5.73 Å². The van der Waals surface area contributed by atoms with Crippen LogP contribution in [0.1, 0.15) is 5.56 Å². The number of hydrogen-bond acceptors (Lipinski definition) is 4. The maximum atomic E-state index is 10.4. The predicted octanol–water partition coefficient (Wildman–Crippen LogP) is 1.44. The summed E-state index contributed by atoms with van der Waals surface area (Å²) in [6.45, 7) is 1.94. The number of nitro groups is 1. The summed E-state index contributed by atoms with van der Waals surface area (Å²) in [6.07, 6.45) is 0.930. The summed E-state index contributed by atoms with van der Waals surface area (Å²) in [4.78, 5) is 9.83. The molecule has 0 aliphatic heterocycles. The van der Waals surface area contributed by atoms with E-state index in [0.717, 1.165) is 11.8 Å².